The SMILES string of the molecule is COc1ccc(CC(N)C(=O)O)c2c1OCC2. The average molecular weight is 237 g/mol. The van der Waals surface area contributed by atoms with Crippen LogP contribution in [0.2, 0.25) is 0 Å². The Kier molecular flexibility index (Phi) is 3.19. The lowest BCUT2D eigenvalue weighted by molar-refractivity contribution is -0.138. The molecule has 0 saturated heterocycles. The molecule has 1 aromatic carbocycles. The predicted molar refractivity (Wildman–Crippen MR) is 61.5 cm³/mol. The number of nitrogens with two attached hydrogens (primary N) is 1. The van der Waals surface area contributed by atoms with E-state index >= 15 is 0 Å². The second-order valence-corrected chi connectivity index (χ2v) is 3.98. The maximum Gasteiger partial charge on any atom is 0.320 e. The van der Waals surface area contributed by atoms with E-state index in [1.54, 1.807) is 13.2 Å². The number of hydrogen-bond acceptors (Lipinski definition) is 4. The summed E-state index contributed by atoms with van der Waals surface area (Å²) in [7, 11) is 1.58. The minimum absolute atomic E-state index is 0.311. The quantitative estimate of drug-likeness (QED) is 0.800. The normalized spacial score (nSPS) is 14.9. The second-order valence-electron chi connectivity index (χ2n) is 3.98. The maximum absolute atomic E-state index is 10.7. The number of aliphatic carboxylic acids is 1. The molecule has 1 unspecified atom stereocenters. The third kappa shape index (κ3) is 2.19. The van der Waals surface area contributed by atoms with E-state index < -0.39 is 12.0 Å². The van der Waals surface area contributed by atoms with Crippen LogP contribution in [-0.4, -0.2) is 30.8 Å². The van der Waals surface area contributed by atoms with Crippen molar-refractivity contribution in [3.63, 3.8) is 0 Å². The van der Waals surface area contributed by atoms with Gasteiger partial charge in [-0.25, -0.2) is 0 Å². The van der Waals surface area contributed by atoms with Gasteiger partial charge in [-0.15, -0.1) is 0 Å². The third-order valence-electron chi connectivity index (χ3n) is 2.90. The molecule has 1 atom stereocenters. The molecule has 17 heavy (non-hydrogen) atoms. The standard InChI is InChI=1S/C12H15NO4/c1-16-10-3-2-7(6-9(13)12(14)15)8-4-5-17-11(8)10/h2-3,9H,4-6,13H2,1H3,(H,14,15). The van der Waals surface area contributed by atoms with E-state index in [4.69, 9.17) is 20.3 Å². The van der Waals surface area contributed by atoms with Gasteiger partial charge in [-0.1, -0.05) is 6.07 Å². The highest BCUT2D eigenvalue weighted by Gasteiger charge is 2.23. The molecule has 1 heterocycles. The van der Waals surface area contributed by atoms with E-state index in [0.717, 1.165) is 23.3 Å². The molecule has 1 aliphatic rings. The van der Waals surface area contributed by atoms with Gasteiger partial charge in [0.1, 0.15) is 6.04 Å². The van der Waals surface area contributed by atoms with Crippen LogP contribution in [0.4, 0.5) is 0 Å². The molecule has 5 nitrogen and oxygen atoms in total. The highest BCUT2D eigenvalue weighted by atomic mass is 16.5. The van der Waals surface area contributed by atoms with Crippen LogP contribution in [0.25, 0.3) is 0 Å². The number of benzene rings is 1. The van der Waals surface area contributed by atoms with E-state index in [1.807, 2.05) is 6.07 Å². The Morgan fingerprint density at radius 1 is 1.65 bits per heavy atom. The summed E-state index contributed by atoms with van der Waals surface area (Å²) >= 11 is 0. The molecule has 0 aromatic heterocycles. The first-order valence-corrected chi connectivity index (χ1v) is 5.43. The zero-order chi connectivity index (χ0) is 12.4. The highest BCUT2D eigenvalue weighted by Crippen LogP contribution is 2.37. The molecule has 5 heteroatoms. The lowest BCUT2D eigenvalue weighted by Crippen LogP contribution is -2.32. The largest absolute Gasteiger partial charge is 0.493 e. The number of methoxy groups -OCH3 is 1. The Balaban J connectivity index is 2.30. The third-order valence-corrected chi connectivity index (χ3v) is 2.90. The minimum atomic E-state index is -0.992. The van der Waals surface area contributed by atoms with Crippen LogP contribution in [0, 0.1) is 0 Å². The number of carboxylic acids is 1. The van der Waals surface area contributed by atoms with E-state index in [2.05, 4.69) is 0 Å². The van der Waals surface area contributed by atoms with E-state index in [1.165, 1.54) is 0 Å². The summed E-state index contributed by atoms with van der Waals surface area (Å²) in [6, 6.07) is 2.76. The van der Waals surface area contributed by atoms with Crippen molar-refractivity contribution in [1.82, 2.24) is 0 Å². The van der Waals surface area contributed by atoms with Crippen molar-refractivity contribution >= 4 is 5.97 Å². The van der Waals surface area contributed by atoms with Crippen LogP contribution in [-0.2, 0) is 17.6 Å². The molecule has 0 amide bonds. The predicted octanol–water partition coefficient (Wildman–Crippen LogP) is 0.585. The number of fused-ring (bicyclic) bond motifs is 1. The lowest BCUT2D eigenvalue weighted by atomic mass is 9.98. The Morgan fingerprint density at radius 2 is 2.41 bits per heavy atom. The van der Waals surface area contributed by atoms with Crippen molar-refractivity contribution in [2.45, 2.75) is 18.9 Å². The topological polar surface area (TPSA) is 81.8 Å². The van der Waals surface area contributed by atoms with Gasteiger partial charge < -0.3 is 20.3 Å². The average Bonchev–Trinajstić information content (AvgIpc) is 2.78. The number of ether oxygens (including phenoxy) is 2. The van der Waals surface area contributed by atoms with Crippen LogP contribution in [0.15, 0.2) is 12.1 Å². The summed E-state index contributed by atoms with van der Waals surface area (Å²) in [6.07, 6.45) is 1.08. The van der Waals surface area contributed by atoms with Crippen LogP contribution >= 0.6 is 0 Å². The maximum atomic E-state index is 10.7. The molecule has 0 bridgehead atoms. The molecule has 0 aliphatic carbocycles. The smallest absolute Gasteiger partial charge is 0.320 e. The first-order valence-electron chi connectivity index (χ1n) is 5.43. The van der Waals surface area contributed by atoms with Crippen LogP contribution < -0.4 is 15.2 Å². The molecule has 92 valence electrons. The van der Waals surface area contributed by atoms with Gasteiger partial charge in [0, 0.05) is 12.0 Å². The van der Waals surface area contributed by atoms with Crippen molar-refractivity contribution in [1.29, 1.82) is 0 Å². The Hall–Kier alpha value is -1.75. The summed E-state index contributed by atoms with van der Waals surface area (Å²) < 4.78 is 10.7. The molecule has 0 fully saturated rings. The van der Waals surface area contributed by atoms with E-state index in [9.17, 15) is 4.79 Å². The van der Waals surface area contributed by atoms with Crippen LogP contribution in [0.3, 0.4) is 0 Å². The van der Waals surface area contributed by atoms with E-state index in [-0.39, 0.29) is 0 Å². The number of rotatable bonds is 4. The number of hydrogen-bond donors (Lipinski definition) is 2. The number of carbonyl (C=O) groups is 1. The summed E-state index contributed by atoms with van der Waals surface area (Å²) in [4.78, 5) is 10.7. The second kappa shape index (κ2) is 4.63. The Morgan fingerprint density at radius 3 is 3.06 bits per heavy atom. The molecule has 3 N–H and O–H groups in total. The van der Waals surface area contributed by atoms with Crippen molar-refractivity contribution in [3.05, 3.63) is 23.3 Å². The van der Waals surface area contributed by atoms with Crippen molar-refractivity contribution in [2.24, 2.45) is 5.73 Å². The Labute approximate surface area is 99.1 Å². The molecule has 1 aromatic rings. The molecule has 1 aliphatic heterocycles. The summed E-state index contributed by atoms with van der Waals surface area (Å²) in [5.74, 6) is 0.418. The highest BCUT2D eigenvalue weighted by molar-refractivity contribution is 5.73. The van der Waals surface area contributed by atoms with Gasteiger partial charge >= 0.3 is 5.97 Å². The molecule has 2 rings (SSSR count). The fraction of sp³-hybridized carbons (Fsp3) is 0.417. The van der Waals surface area contributed by atoms with Gasteiger partial charge in [-0.3, -0.25) is 4.79 Å². The Bertz CT molecular complexity index is 444. The van der Waals surface area contributed by atoms with Gasteiger partial charge in [0.15, 0.2) is 11.5 Å². The van der Waals surface area contributed by atoms with Gasteiger partial charge in [-0.05, 0) is 18.1 Å². The zero-order valence-corrected chi connectivity index (χ0v) is 9.60. The molecular formula is C12H15NO4. The van der Waals surface area contributed by atoms with Crippen LogP contribution in [0.1, 0.15) is 11.1 Å². The summed E-state index contributed by atoms with van der Waals surface area (Å²) in [5, 5.41) is 8.81. The van der Waals surface area contributed by atoms with Crippen molar-refractivity contribution < 1.29 is 19.4 Å². The fourth-order valence-corrected chi connectivity index (χ4v) is 2.01. The van der Waals surface area contributed by atoms with Crippen LogP contribution in [0.5, 0.6) is 11.5 Å². The first kappa shape index (κ1) is 11.7. The summed E-state index contributed by atoms with van der Waals surface area (Å²) in [5.41, 5.74) is 7.48. The zero-order valence-electron chi connectivity index (χ0n) is 9.60. The monoisotopic (exact) mass is 237 g/mol. The lowest BCUT2D eigenvalue weighted by Gasteiger charge is -2.12. The molecule has 0 spiro atoms. The summed E-state index contributed by atoms with van der Waals surface area (Å²) in [6.45, 7) is 0.602. The number of carboxylic acid groups (broad SMARTS) is 1. The van der Waals surface area contributed by atoms with Gasteiger partial charge in [0.05, 0.1) is 13.7 Å². The van der Waals surface area contributed by atoms with Gasteiger partial charge in [0.2, 0.25) is 0 Å². The molecule has 0 radical (unpaired) electrons. The van der Waals surface area contributed by atoms with Gasteiger partial charge in [0.25, 0.3) is 0 Å². The van der Waals surface area contributed by atoms with E-state index in [0.29, 0.717) is 18.8 Å². The molecular weight excluding hydrogens is 222 g/mol. The van der Waals surface area contributed by atoms with Crippen molar-refractivity contribution in [3.8, 4) is 11.5 Å². The fourth-order valence-electron chi connectivity index (χ4n) is 2.01. The first-order chi connectivity index (χ1) is 8.13. The molecule has 0 saturated carbocycles. The van der Waals surface area contributed by atoms with Crippen molar-refractivity contribution in [2.75, 3.05) is 13.7 Å². The minimum Gasteiger partial charge on any atom is -0.493 e. The van der Waals surface area contributed by atoms with Gasteiger partial charge in [-0.2, -0.15) is 0 Å².